The topological polar surface area (TPSA) is 92.4 Å². The molecule has 0 aromatic rings. The van der Waals surface area contributed by atoms with Gasteiger partial charge < -0.3 is 10.4 Å². The van der Waals surface area contributed by atoms with Crippen molar-refractivity contribution in [1.29, 1.82) is 0 Å². The summed E-state index contributed by atoms with van der Waals surface area (Å²) in [5.74, 6) is 1.26. The minimum atomic E-state index is -3.38. The number of nitrogens with one attached hydrogen (secondary N) is 1. The van der Waals surface area contributed by atoms with Crippen LogP contribution in [-0.4, -0.2) is 38.0 Å². The van der Waals surface area contributed by atoms with E-state index in [0.29, 0.717) is 18.9 Å². The first kappa shape index (κ1) is 20.9. The molecule has 1 aliphatic carbocycles. The quantitative estimate of drug-likeness (QED) is 0.534. The molecule has 138 valence electrons. The first-order valence-corrected chi connectivity index (χ1v) is 10.9. The lowest BCUT2D eigenvalue weighted by atomic mass is 9.84. The van der Waals surface area contributed by atoms with Crippen molar-refractivity contribution >= 4 is 10.0 Å². The highest BCUT2D eigenvalue weighted by Crippen LogP contribution is 2.28. The van der Waals surface area contributed by atoms with E-state index in [1.807, 2.05) is 0 Å². The third-order valence-electron chi connectivity index (χ3n) is 4.71. The minimum Gasteiger partial charge on any atom is -0.392 e. The van der Waals surface area contributed by atoms with Crippen molar-refractivity contribution < 1.29 is 13.5 Å². The summed E-state index contributed by atoms with van der Waals surface area (Å²) >= 11 is 0. The normalized spacial score (nSPS) is 19.9. The lowest BCUT2D eigenvalue weighted by Crippen LogP contribution is -2.38. The second-order valence-electron chi connectivity index (χ2n) is 7.64. The monoisotopic (exact) mass is 348 g/mol. The maximum absolute atomic E-state index is 11.1. The molecule has 1 aliphatic rings. The maximum Gasteiger partial charge on any atom is 0.209 e. The van der Waals surface area contributed by atoms with Crippen LogP contribution in [0.5, 0.6) is 0 Å². The van der Waals surface area contributed by atoms with Gasteiger partial charge in [0, 0.05) is 12.6 Å². The summed E-state index contributed by atoms with van der Waals surface area (Å²) in [6, 6.07) is 0.279. The molecule has 0 aromatic heterocycles. The van der Waals surface area contributed by atoms with Crippen LogP contribution in [0, 0.1) is 11.8 Å². The SMILES string of the molecule is CC(C)CC(O)CNC(CCCS(N)(=O)=O)CC1CCCCC1. The molecule has 5 nitrogen and oxygen atoms in total. The van der Waals surface area contributed by atoms with E-state index in [9.17, 15) is 13.5 Å². The maximum atomic E-state index is 11.1. The van der Waals surface area contributed by atoms with Gasteiger partial charge in [-0.3, -0.25) is 0 Å². The molecule has 1 rings (SSSR count). The van der Waals surface area contributed by atoms with Crippen molar-refractivity contribution in [1.82, 2.24) is 5.32 Å². The molecule has 0 aliphatic heterocycles. The Hall–Kier alpha value is -0.170. The molecule has 0 saturated heterocycles. The number of aliphatic hydroxyl groups excluding tert-OH is 1. The van der Waals surface area contributed by atoms with Crippen LogP contribution in [0.15, 0.2) is 0 Å². The molecule has 0 aromatic carbocycles. The number of rotatable bonds is 11. The van der Waals surface area contributed by atoms with E-state index in [1.165, 1.54) is 32.1 Å². The molecule has 23 heavy (non-hydrogen) atoms. The lowest BCUT2D eigenvalue weighted by Gasteiger charge is -2.28. The van der Waals surface area contributed by atoms with Crippen LogP contribution in [0.1, 0.15) is 71.6 Å². The zero-order valence-electron chi connectivity index (χ0n) is 14.8. The molecule has 2 unspecified atom stereocenters. The Morgan fingerprint density at radius 1 is 1.22 bits per heavy atom. The predicted molar refractivity (Wildman–Crippen MR) is 95.7 cm³/mol. The van der Waals surface area contributed by atoms with Crippen LogP contribution in [0.4, 0.5) is 0 Å². The van der Waals surface area contributed by atoms with E-state index < -0.39 is 10.0 Å². The third kappa shape index (κ3) is 11.1. The highest BCUT2D eigenvalue weighted by Gasteiger charge is 2.20. The minimum absolute atomic E-state index is 0.0460. The molecule has 0 amide bonds. The molecule has 4 N–H and O–H groups in total. The first-order chi connectivity index (χ1) is 10.8. The number of hydrogen-bond donors (Lipinski definition) is 3. The Morgan fingerprint density at radius 3 is 2.43 bits per heavy atom. The molecule has 0 heterocycles. The van der Waals surface area contributed by atoms with Crippen molar-refractivity contribution in [2.75, 3.05) is 12.3 Å². The van der Waals surface area contributed by atoms with Crippen molar-refractivity contribution in [3.8, 4) is 0 Å². The van der Waals surface area contributed by atoms with Crippen LogP contribution >= 0.6 is 0 Å². The molecule has 0 radical (unpaired) electrons. The number of primary sulfonamides is 1. The fourth-order valence-electron chi connectivity index (χ4n) is 3.59. The summed E-state index contributed by atoms with van der Waals surface area (Å²) in [6.07, 6.45) is 9.46. The van der Waals surface area contributed by atoms with E-state index in [-0.39, 0.29) is 17.9 Å². The van der Waals surface area contributed by atoms with Crippen molar-refractivity contribution in [2.24, 2.45) is 17.0 Å². The summed E-state index contributed by atoms with van der Waals surface area (Å²) < 4.78 is 22.2. The second-order valence-corrected chi connectivity index (χ2v) is 9.37. The second kappa shape index (κ2) is 10.6. The van der Waals surface area contributed by atoms with Crippen LogP contribution in [0.25, 0.3) is 0 Å². The van der Waals surface area contributed by atoms with Crippen LogP contribution in [0.2, 0.25) is 0 Å². The average Bonchev–Trinajstić information content (AvgIpc) is 2.43. The van der Waals surface area contributed by atoms with Gasteiger partial charge >= 0.3 is 0 Å². The third-order valence-corrected chi connectivity index (χ3v) is 5.57. The molecular weight excluding hydrogens is 312 g/mol. The standard InChI is InChI=1S/C17H36N2O3S/c1-14(2)11-17(20)13-19-16(9-6-10-23(18,21)22)12-15-7-4-3-5-8-15/h14-17,19-20H,3-13H2,1-2H3,(H2,18,21,22). The number of sulfonamides is 1. The Morgan fingerprint density at radius 2 is 1.87 bits per heavy atom. The van der Waals surface area contributed by atoms with E-state index in [0.717, 1.165) is 25.2 Å². The Labute approximate surface area is 142 Å². The van der Waals surface area contributed by atoms with Gasteiger partial charge in [0.15, 0.2) is 0 Å². The lowest BCUT2D eigenvalue weighted by molar-refractivity contribution is 0.138. The zero-order chi connectivity index (χ0) is 17.3. The van der Waals surface area contributed by atoms with Gasteiger partial charge in [-0.25, -0.2) is 13.6 Å². The van der Waals surface area contributed by atoms with Crippen molar-refractivity contribution in [3.05, 3.63) is 0 Å². The van der Waals surface area contributed by atoms with Crippen LogP contribution in [0.3, 0.4) is 0 Å². The van der Waals surface area contributed by atoms with E-state index >= 15 is 0 Å². The van der Waals surface area contributed by atoms with Crippen LogP contribution in [-0.2, 0) is 10.0 Å². The highest BCUT2D eigenvalue weighted by atomic mass is 32.2. The van der Waals surface area contributed by atoms with Crippen LogP contribution < -0.4 is 10.5 Å². The molecule has 6 heteroatoms. The number of hydrogen-bond acceptors (Lipinski definition) is 4. The fourth-order valence-corrected chi connectivity index (χ4v) is 4.16. The first-order valence-electron chi connectivity index (χ1n) is 9.18. The molecule has 2 atom stereocenters. The van der Waals surface area contributed by atoms with E-state index in [2.05, 4.69) is 19.2 Å². The Balaban J connectivity index is 2.42. The van der Waals surface area contributed by atoms with Crippen molar-refractivity contribution in [2.45, 2.75) is 83.8 Å². The summed E-state index contributed by atoms with van der Waals surface area (Å²) in [4.78, 5) is 0. The van der Waals surface area contributed by atoms with E-state index in [1.54, 1.807) is 0 Å². The molecule has 0 bridgehead atoms. The van der Waals surface area contributed by atoms with Gasteiger partial charge in [0.1, 0.15) is 0 Å². The Bertz CT molecular complexity index is 406. The predicted octanol–water partition coefficient (Wildman–Crippen LogP) is 2.39. The average molecular weight is 349 g/mol. The van der Waals surface area contributed by atoms with E-state index in [4.69, 9.17) is 5.14 Å². The molecular formula is C17H36N2O3S. The summed E-state index contributed by atoms with van der Waals surface area (Å²) in [5.41, 5.74) is 0. The summed E-state index contributed by atoms with van der Waals surface area (Å²) in [7, 11) is -3.38. The fraction of sp³-hybridized carbons (Fsp3) is 1.00. The number of nitrogens with two attached hydrogens (primary N) is 1. The molecule has 1 fully saturated rings. The van der Waals surface area contributed by atoms with Crippen molar-refractivity contribution in [3.63, 3.8) is 0 Å². The Kier molecular flexibility index (Phi) is 9.66. The summed E-state index contributed by atoms with van der Waals surface area (Å²) in [5, 5.41) is 18.6. The van der Waals surface area contributed by atoms with Gasteiger partial charge in [-0.05, 0) is 37.5 Å². The smallest absolute Gasteiger partial charge is 0.209 e. The van der Waals surface area contributed by atoms with Gasteiger partial charge in [0.25, 0.3) is 0 Å². The van der Waals surface area contributed by atoms with Gasteiger partial charge in [0.2, 0.25) is 10.0 Å². The molecule has 0 spiro atoms. The number of aliphatic hydroxyl groups is 1. The largest absolute Gasteiger partial charge is 0.392 e. The van der Waals surface area contributed by atoms with Gasteiger partial charge in [0.05, 0.1) is 11.9 Å². The highest BCUT2D eigenvalue weighted by molar-refractivity contribution is 7.89. The zero-order valence-corrected chi connectivity index (χ0v) is 15.7. The van der Waals surface area contributed by atoms with Gasteiger partial charge in [-0.2, -0.15) is 0 Å². The summed E-state index contributed by atoms with van der Waals surface area (Å²) in [6.45, 7) is 4.80. The van der Waals surface area contributed by atoms with Gasteiger partial charge in [-0.15, -0.1) is 0 Å². The molecule has 1 saturated carbocycles. The van der Waals surface area contributed by atoms with Gasteiger partial charge in [-0.1, -0.05) is 46.0 Å².